The van der Waals surface area contributed by atoms with Crippen LogP contribution in [0.5, 0.6) is 0 Å². The fourth-order valence-corrected chi connectivity index (χ4v) is 3.41. The molecular formula is C14H28N2. The summed E-state index contributed by atoms with van der Waals surface area (Å²) in [5.74, 6) is 0.919. The molecule has 2 nitrogen and oxygen atoms in total. The Morgan fingerprint density at radius 3 is 2.75 bits per heavy atom. The summed E-state index contributed by atoms with van der Waals surface area (Å²) in [7, 11) is 0. The van der Waals surface area contributed by atoms with Crippen molar-refractivity contribution in [2.45, 2.75) is 64.5 Å². The van der Waals surface area contributed by atoms with E-state index in [0.29, 0.717) is 0 Å². The second-order valence-corrected chi connectivity index (χ2v) is 5.97. The van der Waals surface area contributed by atoms with E-state index in [2.05, 4.69) is 24.1 Å². The molecule has 16 heavy (non-hydrogen) atoms. The molecule has 2 aliphatic heterocycles. The number of hydrogen-bond acceptors (Lipinski definition) is 2. The smallest absolute Gasteiger partial charge is 0.00700 e. The summed E-state index contributed by atoms with van der Waals surface area (Å²) in [5, 5.41) is 3.65. The Hall–Kier alpha value is -0.0800. The van der Waals surface area contributed by atoms with Crippen molar-refractivity contribution in [2.24, 2.45) is 5.92 Å². The minimum absolute atomic E-state index is 0.823. The third-order valence-corrected chi connectivity index (χ3v) is 4.32. The zero-order valence-corrected chi connectivity index (χ0v) is 11.0. The molecule has 0 bridgehead atoms. The van der Waals surface area contributed by atoms with Gasteiger partial charge in [-0.3, -0.25) is 0 Å². The topological polar surface area (TPSA) is 15.3 Å². The summed E-state index contributed by atoms with van der Waals surface area (Å²) in [5.41, 5.74) is 0. The predicted molar refractivity (Wildman–Crippen MR) is 69.7 cm³/mol. The third-order valence-electron chi connectivity index (χ3n) is 4.32. The molecule has 0 saturated carbocycles. The summed E-state index contributed by atoms with van der Waals surface area (Å²) in [6.07, 6.45) is 8.41. The summed E-state index contributed by atoms with van der Waals surface area (Å²) in [6, 6.07) is 1.65. The standard InChI is InChI=1S/C14H28N2/c1-12-10-13(2)16(11-12)9-5-7-14-6-3-4-8-15-14/h12-15H,3-11H2,1-2H3. The Balaban J connectivity index is 1.60. The first-order valence-electron chi connectivity index (χ1n) is 7.23. The van der Waals surface area contributed by atoms with Gasteiger partial charge in [0.1, 0.15) is 0 Å². The third kappa shape index (κ3) is 3.46. The molecule has 0 radical (unpaired) electrons. The lowest BCUT2D eigenvalue weighted by Gasteiger charge is -2.25. The maximum absolute atomic E-state index is 3.65. The van der Waals surface area contributed by atoms with E-state index in [1.54, 1.807) is 0 Å². The summed E-state index contributed by atoms with van der Waals surface area (Å²) >= 11 is 0. The van der Waals surface area contributed by atoms with Crippen LogP contribution in [0.1, 0.15) is 52.4 Å². The monoisotopic (exact) mass is 224 g/mol. The molecular weight excluding hydrogens is 196 g/mol. The molecule has 1 N–H and O–H groups in total. The molecule has 2 rings (SSSR count). The van der Waals surface area contributed by atoms with Crippen molar-refractivity contribution in [2.75, 3.05) is 19.6 Å². The van der Waals surface area contributed by atoms with E-state index in [9.17, 15) is 0 Å². The second kappa shape index (κ2) is 6.02. The number of piperidine rings is 1. The highest BCUT2D eigenvalue weighted by Gasteiger charge is 2.25. The molecule has 2 saturated heterocycles. The Bertz CT molecular complexity index is 199. The number of nitrogens with zero attached hydrogens (tertiary/aromatic N) is 1. The lowest BCUT2D eigenvalue weighted by molar-refractivity contribution is 0.250. The van der Waals surface area contributed by atoms with Gasteiger partial charge in [-0.05, 0) is 58.0 Å². The molecule has 2 heteroatoms. The minimum Gasteiger partial charge on any atom is -0.314 e. The maximum Gasteiger partial charge on any atom is 0.00700 e. The van der Waals surface area contributed by atoms with Crippen LogP contribution in [0, 0.1) is 5.92 Å². The molecule has 94 valence electrons. The lowest BCUT2D eigenvalue weighted by Crippen LogP contribution is -2.35. The number of rotatable bonds is 4. The van der Waals surface area contributed by atoms with Crippen LogP contribution < -0.4 is 5.32 Å². The lowest BCUT2D eigenvalue weighted by atomic mass is 10.0. The fourth-order valence-electron chi connectivity index (χ4n) is 3.41. The van der Waals surface area contributed by atoms with Gasteiger partial charge in [-0.15, -0.1) is 0 Å². The number of nitrogens with one attached hydrogen (secondary N) is 1. The Morgan fingerprint density at radius 1 is 1.25 bits per heavy atom. The number of hydrogen-bond donors (Lipinski definition) is 1. The van der Waals surface area contributed by atoms with Crippen LogP contribution in [-0.4, -0.2) is 36.6 Å². The summed E-state index contributed by atoms with van der Waals surface area (Å²) < 4.78 is 0. The normalized spacial score (nSPS) is 36.8. The van der Waals surface area contributed by atoms with Crippen LogP contribution in [0.2, 0.25) is 0 Å². The van der Waals surface area contributed by atoms with Crippen LogP contribution in [0.4, 0.5) is 0 Å². The van der Waals surface area contributed by atoms with E-state index in [4.69, 9.17) is 0 Å². The van der Waals surface area contributed by atoms with E-state index in [1.807, 2.05) is 0 Å². The van der Waals surface area contributed by atoms with Crippen molar-refractivity contribution in [3.8, 4) is 0 Å². The van der Waals surface area contributed by atoms with Gasteiger partial charge in [0.2, 0.25) is 0 Å². The summed E-state index contributed by atoms with van der Waals surface area (Å²) in [4.78, 5) is 2.69. The Kier molecular flexibility index (Phi) is 4.66. The predicted octanol–water partition coefficient (Wildman–Crippen LogP) is 2.64. The van der Waals surface area contributed by atoms with Crippen molar-refractivity contribution in [3.05, 3.63) is 0 Å². The molecule has 0 aromatic heterocycles. The average Bonchev–Trinajstić information content (AvgIpc) is 2.59. The number of likely N-dealkylation sites (tertiary alicyclic amines) is 1. The van der Waals surface area contributed by atoms with Gasteiger partial charge < -0.3 is 10.2 Å². The van der Waals surface area contributed by atoms with Crippen molar-refractivity contribution >= 4 is 0 Å². The summed E-state index contributed by atoms with van der Waals surface area (Å²) in [6.45, 7) is 8.69. The van der Waals surface area contributed by atoms with Crippen LogP contribution in [0.3, 0.4) is 0 Å². The average molecular weight is 224 g/mol. The Morgan fingerprint density at radius 2 is 2.12 bits per heavy atom. The maximum atomic E-state index is 3.65. The minimum atomic E-state index is 0.823. The van der Waals surface area contributed by atoms with E-state index in [1.165, 1.54) is 58.2 Å². The molecule has 2 aliphatic rings. The molecule has 2 fully saturated rings. The van der Waals surface area contributed by atoms with E-state index in [-0.39, 0.29) is 0 Å². The highest BCUT2D eigenvalue weighted by atomic mass is 15.2. The van der Waals surface area contributed by atoms with E-state index >= 15 is 0 Å². The van der Waals surface area contributed by atoms with Crippen LogP contribution >= 0.6 is 0 Å². The van der Waals surface area contributed by atoms with Gasteiger partial charge in [0.05, 0.1) is 0 Å². The SMILES string of the molecule is CC1CC(C)N(CCCC2CCCCN2)C1. The van der Waals surface area contributed by atoms with E-state index in [0.717, 1.165) is 18.0 Å². The van der Waals surface area contributed by atoms with Gasteiger partial charge in [-0.2, -0.15) is 0 Å². The molecule has 3 atom stereocenters. The van der Waals surface area contributed by atoms with E-state index < -0.39 is 0 Å². The molecule has 2 heterocycles. The first-order chi connectivity index (χ1) is 7.75. The van der Waals surface area contributed by atoms with Crippen molar-refractivity contribution < 1.29 is 0 Å². The Labute approximate surface area is 101 Å². The van der Waals surface area contributed by atoms with Crippen LogP contribution in [-0.2, 0) is 0 Å². The zero-order valence-electron chi connectivity index (χ0n) is 11.0. The highest BCUT2D eigenvalue weighted by molar-refractivity contribution is 4.80. The molecule has 0 aliphatic carbocycles. The van der Waals surface area contributed by atoms with Gasteiger partial charge in [-0.1, -0.05) is 13.3 Å². The van der Waals surface area contributed by atoms with Crippen molar-refractivity contribution in [1.29, 1.82) is 0 Å². The molecule has 3 unspecified atom stereocenters. The zero-order chi connectivity index (χ0) is 11.4. The first-order valence-corrected chi connectivity index (χ1v) is 7.23. The highest BCUT2D eigenvalue weighted by Crippen LogP contribution is 2.23. The quantitative estimate of drug-likeness (QED) is 0.790. The van der Waals surface area contributed by atoms with Gasteiger partial charge in [0.25, 0.3) is 0 Å². The van der Waals surface area contributed by atoms with Crippen molar-refractivity contribution in [1.82, 2.24) is 10.2 Å². The van der Waals surface area contributed by atoms with Crippen LogP contribution in [0.25, 0.3) is 0 Å². The van der Waals surface area contributed by atoms with Gasteiger partial charge in [0.15, 0.2) is 0 Å². The second-order valence-electron chi connectivity index (χ2n) is 5.97. The molecule has 0 spiro atoms. The van der Waals surface area contributed by atoms with Gasteiger partial charge in [0, 0.05) is 18.6 Å². The van der Waals surface area contributed by atoms with Crippen molar-refractivity contribution in [3.63, 3.8) is 0 Å². The van der Waals surface area contributed by atoms with Gasteiger partial charge in [-0.25, -0.2) is 0 Å². The molecule has 0 amide bonds. The van der Waals surface area contributed by atoms with Crippen LogP contribution in [0.15, 0.2) is 0 Å². The van der Waals surface area contributed by atoms with Gasteiger partial charge >= 0.3 is 0 Å². The molecule has 0 aromatic carbocycles. The fraction of sp³-hybridized carbons (Fsp3) is 1.00. The first kappa shape index (κ1) is 12.4. The largest absolute Gasteiger partial charge is 0.314 e. The molecule has 0 aromatic rings.